The standard InChI is InChI=1S/C13H22ClN3O/c1-5-6-17(7-8-18)13-10(4)11(14)15-12(16-13)9(2)3/h9,18H,5-8H2,1-4H3. The summed E-state index contributed by atoms with van der Waals surface area (Å²) >= 11 is 6.17. The minimum Gasteiger partial charge on any atom is -0.395 e. The summed E-state index contributed by atoms with van der Waals surface area (Å²) in [5, 5.41) is 9.65. The molecule has 5 heteroatoms. The summed E-state index contributed by atoms with van der Waals surface area (Å²) in [6, 6.07) is 0. The molecule has 0 aliphatic rings. The van der Waals surface area contributed by atoms with E-state index in [1.165, 1.54) is 0 Å². The van der Waals surface area contributed by atoms with Crippen LogP contribution in [0.25, 0.3) is 0 Å². The first-order chi connectivity index (χ1) is 8.51. The maximum atomic E-state index is 9.15. The average Bonchev–Trinajstić information content (AvgIpc) is 2.32. The van der Waals surface area contributed by atoms with Crippen LogP contribution in [0.15, 0.2) is 0 Å². The summed E-state index contributed by atoms with van der Waals surface area (Å²) in [6.07, 6.45) is 0.998. The van der Waals surface area contributed by atoms with Gasteiger partial charge in [0.1, 0.15) is 16.8 Å². The molecule has 1 aromatic rings. The lowest BCUT2D eigenvalue weighted by Gasteiger charge is -2.25. The highest BCUT2D eigenvalue weighted by Gasteiger charge is 2.16. The van der Waals surface area contributed by atoms with Gasteiger partial charge in [-0.15, -0.1) is 0 Å². The minimum atomic E-state index is 0.109. The summed E-state index contributed by atoms with van der Waals surface area (Å²) in [6.45, 7) is 9.64. The van der Waals surface area contributed by atoms with E-state index in [-0.39, 0.29) is 12.5 Å². The van der Waals surface area contributed by atoms with Crippen LogP contribution in [0.4, 0.5) is 5.82 Å². The van der Waals surface area contributed by atoms with Crippen molar-refractivity contribution in [1.82, 2.24) is 9.97 Å². The van der Waals surface area contributed by atoms with Crippen molar-refractivity contribution in [3.05, 3.63) is 16.5 Å². The fourth-order valence-corrected chi connectivity index (χ4v) is 1.95. The number of halogens is 1. The second kappa shape index (κ2) is 6.90. The minimum absolute atomic E-state index is 0.109. The van der Waals surface area contributed by atoms with Gasteiger partial charge in [0, 0.05) is 24.6 Å². The Balaban J connectivity index is 3.18. The van der Waals surface area contributed by atoms with E-state index < -0.39 is 0 Å². The molecule has 0 fully saturated rings. The molecular weight excluding hydrogens is 250 g/mol. The monoisotopic (exact) mass is 271 g/mol. The Labute approximate surface area is 114 Å². The van der Waals surface area contributed by atoms with Crippen LogP contribution in [0.5, 0.6) is 0 Å². The van der Waals surface area contributed by atoms with Gasteiger partial charge in [-0.25, -0.2) is 9.97 Å². The fourth-order valence-electron chi connectivity index (χ4n) is 1.77. The zero-order valence-corrected chi connectivity index (χ0v) is 12.3. The highest BCUT2D eigenvalue weighted by molar-refractivity contribution is 6.30. The summed E-state index contributed by atoms with van der Waals surface area (Å²) < 4.78 is 0. The molecule has 1 rings (SSSR count). The van der Waals surface area contributed by atoms with Crippen LogP contribution in [-0.4, -0.2) is 34.8 Å². The van der Waals surface area contributed by atoms with Crippen molar-refractivity contribution in [2.45, 2.75) is 40.0 Å². The Morgan fingerprint density at radius 1 is 1.28 bits per heavy atom. The molecule has 0 radical (unpaired) electrons. The molecule has 0 amide bonds. The number of hydrogen-bond donors (Lipinski definition) is 1. The van der Waals surface area contributed by atoms with E-state index in [2.05, 4.69) is 21.8 Å². The highest BCUT2D eigenvalue weighted by atomic mass is 35.5. The van der Waals surface area contributed by atoms with Gasteiger partial charge < -0.3 is 10.0 Å². The number of anilines is 1. The molecule has 0 spiro atoms. The predicted octanol–water partition coefficient (Wildman–Crippen LogP) is 2.77. The molecule has 4 nitrogen and oxygen atoms in total. The molecule has 0 bridgehead atoms. The third kappa shape index (κ3) is 3.56. The second-order valence-electron chi connectivity index (χ2n) is 4.69. The predicted molar refractivity (Wildman–Crippen MR) is 75.5 cm³/mol. The largest absolute Gasteiger partial charge is 0.395 e. The molecule has 1 aromatic heterocycles. The molecule has 0 saturated carbocycles. The van der Waals surface area contributed by atoms with Gasteiger partial charge in [0.25, 0.3) is 0 Å². The van der Waals surface area contributed by atoms with Crippen molar-refractivity contribution in [3.63, 3.8) is 0 Å². The Hall–Kier alpha value is -0.870. The normalized spacial score (nSPS) is 11.1. The smallest absolute Gasteiger partial charge is 0.137 e. The number of aromatic nitrogens is 2. The van der Waals surface area contributed by atoms with E-state index in [0.717, 1.165) is 30.2 Å². The number of aliphatic hydroxyl groups is 1. The van der Waals surface area contributed by atoms with Crippen molar-refractivity contribution in [2.75, 3.05) is 24.6 Å². The Kier molecular flexibility index (Phi) is 5.82. The lowest BCUT2D eigenvalue weighted by Crippen LogP contribution is -2.29. The second-order valence-corrected chi connectivity index (χ2v) is 5.04. The van der Waals surface area contributed by atoms with Crippen LogP contribution in [0.3, 0.4) is 0 Å². The van der Waals surface area contributed by atoms with E-state index in [1.807, 2.05) is 20.8 Å². The van der Waals surface area contributed by atoms with Crippen LogP contribution in [0.1, 0.15) is 44.5 Å². The fraction of sp³-hybridized carbons (Fsp3) is 0.692. The van der Waals surface area contributed by atoms with E-state index in [1.54, 1.807) is 0 Å². The molecule has 0 aromatic carbocycles. The van der Waals surface area contributed by atoms with Crippen molar-refractivity contribution in [3.8, 4) is 0 Å². The van der Waals surface area contributed by atoms with E-state index >= 15 is 0 Å². The topological polar surface area (TPSA) is 49.2 Å². The number of rotatable bonds is 6. The van der Waals surface area contributed by atoms with Crippen molar-refractivity contribution in [1.29, 1.82) is 0 Å². The molecular formula is C13H22ClN3O. The average molecular weight is 272 g/mol. The number of aliphatic hydroxyl groups excluding tert-OH is 1. The molecule has 1 N–H and O–H groups in total. The van der Waals surface area contributed by atoms with Crippen molar-refractivity contribution < 1.29 is 5.11 Å². The SMILES string of the molecule is CCCN(CCO)c1nc(C(C)C)nc(Cl)c1C. The van der Waals surface area contributed by atoms with Gasteiger partial charge in [0.05, 0.1) is 6.61 Å². The van der Waals surface area contributed by atoms with Crippen molar-refractivity contribution in [2.24, 2.45) is 0 Å². The van der Waals surface area contributed by atoms with Gasteiger partial charge in [-0.05, 0) is 13.3 Å². The van der Waals surface area contributed by atoms with Gasteiger partial charge in [-0.3, -0.25) is 0 Å². The Morgan fingerprint density at radius 3 is 2.44 bits per heavy atom. The highest BCUT2D eigenvalue weighted by Crippen LogP contribution is 2.25. The van der Waals surface area contributed by atoms with Gasteiger partial charge in [0.15, 0.2) is 0 Å². The van der Waals surface area contributed by atoms with Gasteiger partial charge >= 0.3 is 0 Å². The third-order valence-corrected chi connectivity index (χ3v) is 3.13. The van der Waals surface area contributed by atoms with Gasteiger partial charge in [-0.2, -0.15) is 0 Å². The van der Waals surface area contributed by atoms with Crippen molar-refractivity contribution >= 4 is 17.4 Å². The van der Waals surface area contributed by atoms with Crippen LogP contribution in [0, 0.1) is 6.92 Å². The first kappa shape index (κ1) is 15.2. The lowest BCUT2D eigenvalue weighted by atomic mass is 10.2. The van der Waals surface area contributed by atoms with Crippen LogP contribution in [-0.2, 0) is 0 Å². The lowest BCUT2D eigenvalue weighted by molar-refractivity contribution is 0.301. The Morgan fingerprint density at radius 2 is 1.94 bits per heavy atom. The van der Waals surface area contributed by atoms with E-state index in [9.17, 15) is 0 Å². The summed E-state index contributed by atoms with van der Waals surface area (Å²) in [7, 11) is 0. The van der Waals surface area contributed by atoms with Crippen LogP contribution < -0.4 is 4.90 Å². The molecule has 102 valence electrons. The number of hydrogen-bond acceptors (Lipinski definition) is 4. The summed E-state index contributed by atoms with van der Waals surface area (Å²) in [4.78, 5) is 11.0. The van der Waals surface area contributed by atoms with Crippen LogP contribution in [0.2, 0.25) is 5.15 Å². The molecule has 18 heavy (non-hydrogen) atoms. The summed E-state index contributed by atoms with van der Waals surface area (Å²) in [5.74, 6) is 1.83. The quantitative estimate of drug-likeness (QED) is 0.809. The van der Waals surface area contributed by atoms with Gasteiger partial charge in [-0.1, -0.05) is 32.4 Å². The molecule has 1 heterocycles. The summed E-state index contributed by atoms with van der Waals surface area (Å²) in [5.41, 5.74) is 0.878. The van der Waals surface area contributed by atoms with E-state index in [4.69, 9.17) is 16.7 Å². The zero-order valence-electron chi connectivity index (χ0n) is 11.6. The molecule has 0 aliphatic heterocycles. The van der Waals surface area contributed by atoms with Gasteiger partial charge in [0.2, 0.25) is 0 Å². The first-order valence-electron chi connectivity index (χ1n) is 6.41. The maximum absolute atomic E-state index is 9.15. The molecule has 0 aliphatic carbocycles. The molecule has 0 atom stereocenters. The molecule has 0 unspecified atom stereocenters. The Bertz CT molecular complexity index is 390. The van der Waals surface area contributed by atoms with Crippen LogP contribution >= 0.6 is 11.6 Å². The molecule has 0 saturated heterocycles. The van der Waals surface area contributed by atoms with E-state index in [0.29, 0.717) is 11.7 Å². The zero-order chi connectivity index (χ0) is 13.7. The maximum Gasteiger partial charge on any atom is 0.137 e. The first-order valence-corrected chi connectivity index (χ1v) is 6.78. The number of nitrogens with zero attached hydrogens (tertiary/aromatic N) is 3. The third-order valence-electron chi connectivity index (χ3n) is 2.76.